The van der Waals surface area contributed by atoms with E-state index in [4.69, 9.17) is 17.3 Å². The molecule has 1 aliphatic carbocycles. The van der Waals surface area contributed by atoms with E-state index in [1.807, 2.05) is 6.92 Å². The van der Waals surface area contributed by atoms with Crippen molar-refractivity contribution in [2.24, 2.45) is 12.8 Å². The Morgan fingerprint density at radius 1 is 1.62 bits per heavy atom. The van der Waals surface area contributed by atoms with E-state index in [2.05, 4.69) is 5.10 Å². The van der Waals surface area contributed by atoms with E-state index >= 15 is 0 Å². The van der Waals surface area contributed by atoms with Gasteiger partial charge in [-0.3, -0.25) is 9.48 Å². The van der Waals surface area contributed by atoms with Crippen LogP contribution in [-0.4, -0.2) is 21.1 Å². The molecule has 0 radical (unpaired) electrons. The van der Waals surface area contributed by atoms with Gasteiger partial charge < -0.3 is 5.73 Å². The Balaban J connectivity index is 2.18. The molecule has 0 amide bonds. The van der Waals surface area contributed by atoms with Gasteiger partial charge in [0.2, 0.25) is 0 Å². The number of ketones is 1. The summed E-state index contributed by atoms with van der Waals surface area (Å²) in [5.74, 6) is 0.0803. The van der Waals surface area contributed by atoms with E-state index in [1.54, 1.807) is 11.7 Å². The predicted molar refractivity (Wildman–Crippen MR) is 62.4 cm³/mol. The van der Waals surface area contributed by atoms with E-state index in [0.717, 1.165) is 30.5 Å². The summed E-state index contributed by atoms with van der Waals surface area (Å²) in [6.45, 7) is 1.86. The first-order chi connectivity index (χ1) is 7.44. The molecule has 0 unspecified atom stereocenters. The molecule has 0 aliphatic heterocycles. The van der Waals surface area contributed by atoms with Crippen LogP contribution in [0, 0.1) is 6.92 Å². The maximum absolute atomic E-state index is 12.0. The van der Waals surface area contributed by atoms with Crippen LogP contribution < -0.4 is 5.73 Å². The van der Waals surface area contributed by atoms with E-state index in [0.29, 0.717) is 11.6 Å². The second kappa shape index (κ2) is 3.86. The molecule has 1 aliphatic rings. The highest BCUT2D eigenvalue weighted by Gasteiger charge is 2.40. The molecule has 0 spiro atoms. The van der Waals surface area contributed by atoms with Crippen molar-refractivity contribution in [2.45, 2.75) is 38.1 Å². The maximum Gasteiger partial charge on any atom is 0.157 e. The highest BCUT2D eigenvalue weighted by Crippen LogP contribution is 2.32. The molecule has 0 aromatic carbocycles. The van der Waals surface area contributed by atoms with Crippen LogP contribution in [-0.2, 0) is 18.3 Å². The molecule has 1 saturated carbocycles. The van der Waals surface area contributed by atoms with Gasteiger partial charge in [0.15, 0.2) is 5.78 Å². The smallest absolute Gasteiger partial charge is 0.157 e. The van der Waals surface area contributed by atoms with Gasteiger partial charge in [-0.15, -0.1) is 0 Å². The van der Waals surface area contributed by atoms with Gasteiger partial charge in [-0.1, -0.05) is 11.6 Å². The van der Waals surface area contributed by atoms with E-state index in [-0.39, 0.29) is 5.78 Å². The maximum atomic E-state index is 12.0. The number of aromatic nitrogens is 2. The van der Waals surface area contributed by atoms with Crippen LogP contribution >= 0.6 is 11.6 Å². The standard InChI is InChI=1S/C11H16ClN3O/c1-7-8(10(12)15(2)14-7)6-9(16)11(13)4-3-5-11/h3-6,13H2,1-2H3. The third kappa shape index (κ3) is 1.76. The van der Waals surface area contributed by atoms with Crippen molar-refractivity contribution in [1.29, 1.82) is 0 Å². The van der Waals surface area contributed by atoms with Crippen LogP contribution in [0.3, 0.4) is 0 Å². The van der Waals surface area contributed by atoms with Crippen LogP contribution in [0.1, 0.15) is 30.5 Å². The van der Waals surface area contributed by atoms with Crippen molar-refractivity contribution in [3.8, 4) is 0 Å². The van der Waals surface area contributed by atoms with E-state index < -0.39 is 5.54 Å². The Hall–Kier alpha value is -0.870. The third-order valence-corrected chi connectivity index (χ3v) is 3.88. The first-order valence-corrected chi connectivity index (χ1v) is 5.82. The van der Waals surface area contributed by atoms with E-state index in [1.165, 1.54) is 0 Å². The minimum absolute atomic E-state index is 0.0803. The van der Waals surface area contributed by atoms with E-state index in [9.17, 15) is 4.79 Å². The summed E-state index contributed by atoms with van der Waals surface area (Å²) in [5, 5.41) is 4.72. The van der Waals surface area contributed by atoms with Crippen molar-refractivity contribution in [2.75, 3.05) is 0 Å². The zero-order valence-corrected chi connectivity index (χ0v) is 10.3. The second-order valence-electron chi connectivity index (χ2n) is 4.59. The Labute approximate surface area is 99.8 Å². The molecule has 2 N–H and O–H groups in total. The van der Waals surface area contributed by atoms with Gasteiger partial charge in [-0.2, -0.15) is 5.10 Å². The van der Waals surface area contributed by atoms with Gasteiger partial charge in [0.05, 0.1) is 11.2 Å². The Morgan fingerprint density at radius 3 is 2.62 bits per heavy atom. The predicted octanol–water partition coefficient (Wildman–Crippen LogP) is 1.37. The lowest BCUT2D eigenvalue weighted by molar-refractivity contribution is -0.126. The summed E-state index contributed by atoms with van der Waals surface area (Å²) in [5.41, 5.74) is 7.00. The van der Waals surface area contributed by atoms with Crippen LogP contribution in [0.2, 0.25) is 5.15 Å². The van der Waals surface area contributed by atoms with Gasteiger partial charge in [0.1, 0.15) is 5.15 Å². The topological polar surface area (TPSA) is 60.9 Å². The van der Waals surface area contributed by atoms with Gasteiger partial charge >= 0.3 is 0 Å². The van der Waals surface area contributed by atoms with Crippen molar-refractivity contribution in [1.82, 2.24) is 9.78 Å². The minimum atomic E-state index is -0.606. The fourth-order valence-corrected chi connectivity index (χ4v) is 2.29. The number of carbonyl (C=O) groups excluding carboxylic acids is 1. The van der Waals surface area contributed by atoms with Gasteiger partial charge in [-0.25, -0.2) is 0 Å². The lowest BCUT2D eigenvalue weighted by Crippen LogP contribution is -2.54. The molecule has 1 aromatic heterocycles. The molecule has 1 aromatic rings. The van der Waals surface area contributed by atoms with Crippen molar-refractivity contribution in [3.05, 3.63) is 16.4 Å². The number of Topliss-reactive ketones (excluding diaryl/α,β-unsaturated/α-hetero) is 1. The van der Waals surface area contributed by atoms with Crippen molar-refractivity contribution in [3.63, 3.8) is 0 Å². The molecule has 0 atom stereocenters. The lowest BCUT2D eigenvalue weighted by atomic mass is 9.73. The molecule has 88 valence electrons. The zero-order chi connectivity index (χ0) is 11.9. The lowest BCUT2D eigenvalue weighted by Gasteiger charge is -2.36. The number of nitrogens with two attached hydrogens (primary N) is 1. The number of rotatable bonds is 3. The molecule has 2 rings (SSSR count). The first-order valence-electron chi connectivity index (χ1n) is 5.44. The number of carbonyl (C=O) groups is 1. The minimum Gasteiger partial charge on any atom is -0.319 e. The summed E-state index contributed by atoms with van der Waals surface area (Å²) in [7, 11) is 1.77. The highest BCUT2D eigenvalue weighted by atomic mass is 35.5. The summed E-state index contributed by atoms with van der Waals surface area (Å²) in [6.07, 6.45) is 2.93. The molecule has 16 heavy (non-hydrogen) atoms. The highest BCUT2D eigenvalue weighted by molar-refractivity contribution is 6.30. The molecule has 0 bridgehead atoms. The summed E-state index contributed by atoms with van der Waals surface area (Å²) in [4.78, 5) is 12.0. The molecule has 1 fully saturated rings. The largest absolute Gasteiger partial charge is 0.319 e. The second-order valence-corrected chi connectivity index (χ2v) is 4.95. The Kier molecular flexibility index (Phi) is 2.80. The Bertz CT molecular complexity index is 435. The van der Waals surface area contributed by atoms with Gasteiger partial charge in [-0.05, 0) is 26.2 Å². The summed E-state index contributed by atoms with van der Waals surface area (Å²) >= 11 is 6.08. The van der Waals surface area contributed by atoms with Gasteiger partial charge in [0.25, 0.3) is 0 Å². The fourth-order valence-electron chi connectivity index (χ4n) is 2.05. The van der Waals surface area contributed by atoms with Crippen LogP contribution in [0.15, 0.2) is 0 Å². The van der Waals surface area contributed by atoms with Crippen molar-refractivity contribution < 1.29 is 4.79 Å². The Morgan fingerprint density at radius 2 is 2.25 bits per heavy atom. The number of nitrogens with zero attached hydrogens (tertiary/aromatic N) is 2. The van der Waals surface area contributed by atoms with Crippen LogP contribution in [0.25, 0.3) is 0 Å². The summed E-state index contributed by atoms with van der Waals surface area (Å²) in [6, 6.07) is 0. The third-order valence-electron chi connectivity index (χ3n) is 3.41. The number of hydrogen-bond donors (Lipinski definition) is 1. The number of aryl methyl sites for hydroxylation is 2. The molecule has 5 heteroatoms. The average Bonchev–Trinajstić information content (AvgIpc) is 2.41. The molecule has 0 saturated heterocycles. The first kappa shape index (κ1) is 11.6. The average molecular weight is 242 g/mol. The number of hydrogen-bond acceptors (Lipinski definition) is 3. The van der Waals surface area contributed by atoms with Crippen molar-refractivity contribution >= 4 is 17.4 Å². The van der Waals surface area contributed by atoms with Crippen LogP contribution in [0.4, 0.5) is 0 Å². The van der Waals surface area contributed by atoms with Crippen LogP contribution in [0.5, 0.6) is 0 Å². The quantitative estimate of drug-likeness (QED) is 0.870. The number of halogens is 1. The fraction of sp³-hybridized carbons (Fsp3) is 0.636. The molecular weight excluding hydrogens is 226 g/mol. The normalized spacial score (nSPS) is 18.2. The monoisotopic (exact) mass is 241 g/mol. The molecule has 1 heterocycles. The zero-order valence-electron chi connectivity index (χ0n) is 9.59. The molecule has 4 nitrogen and oxygen atoms in total. The molecular formula is C11H16ClN3O. The summed E-state index contributed by atoms with van der Waals surface area (Å²) < 4.78 is 1.59. The van der Waals surface area contributed by atoms with Gasteiger partial charge in [0, 0.05) is 19.0 Å². The SMILES string of the molecule is Cc1nn(C)c(Cl)c1CC(=O)C1(N)CCC1.